The van der Waals surface area contributed by atoms with E-state index in [2.05, 4.69) is 24.2 Å². The Bertz CT molecular complexity index is 196. The van der Waals surface area contributed by atoms with Gasteiger partial charge >= 0.3 is 0 Å². The molecule has 0 amide bonds. The van der Waals surface area contributed by atoms with Crippen LogP contribution in [-0.2, 0) is 4.74 Å². The average molecular weight is 258 g/mol. The molecule has 0 saturated carbocycles. The number of aliphatic hydroxyl groups excluding tert-OH is 1. The Balaban J connectivity index is 2.04. The monoisotopic (exact) mass is 258 g/mol. The second-order valence-electron chi connectivity index (χ2n) is 5.50. The summed E-state index contributed by atoms with van der Waals surface area (Å²) >= 11 is 0. The third-order valence-corrected chi connectivity index (χ3v) is 3.50. The first kappa shape index (κ1) is 15.9. The van der Waals surface area contributed by atoms with Crippen LogP contribution in [0.5, 0.6) is 0 Å². The van der Waals surface area contributed by atoms with Crippen LogP contribution < -0.4 is 5.32 Å². The Morgan fingerprint density at radius 2 is 2.11 bits per heavy atom. The van der Waals surface area contributed by atoms with E-state index in [4.69, 9.17) is 4.74 Å². The number of hydrogen-bond acceptors (Lipinski definition) is 4. The van der Waals surface area contributed by atoms with Crippen molar-refractivity contribution in [3.05, 3.63) is 0 Å². The van der Waals surface area contributed by atoms with Gasteiger partial charge in [-0.3, -0.25) is 0 Å². The molecule has 4 nitrogen and oxygen atoms in total. The molecule has 0 aliphatic carbocycles. The third kappa shape index (κ3) is 7.31. The van der Waals surface area contributed by atoms with Gasteiger partial charge in [0, 0.05) is 19.7 Å². The highest BCUT2D eigenvalue weighted by atomic mass is 16.5. The minimum atomic E-state index is -0.353. The zero-order valence-electron chi connectivity index (χ0n) is 12.0. The number of aliphatic hydroxyl groups is 1. The lowest BCUT2D eigenvalue weighted by Gasteiger charge is -2.28. The van der Waals surface area contributed by atoms with Gasteiger partial charge < -0.3 is 20.1 Å². The molecule has 1 unspecified atom stereocenters. The first-order chi connectivity index (χ1) is 8.72. The van der Waals surface area contributed by atoms with Gasteiger partial charge in [-0.15, -0.1) is 0 Å². The van der Waals surface area contributed by atoms with E-state index in [1.807, 2.05) is 0 Å². The minimum absolute atomic E-state index is 0.353. The van der Waals surface area contributed by atoms with Gasteiger partial charge in [0.25, 0.3) is 0 Å². The topological polar surface area (TPSA) is 44.7 Å². The molecule has 4 heteroatoms. The number of piperidine rings is 1. The Kier molecular flexibility index (Phi) is 8.59. The molecule has 18 heavy (non-hydrogen) atoms. The summed E-state index contributed by atoms with van der Waals surface area (Å²) in [6.07, 6.45) is 4.39. The maximum absolute atomic E-state index is 9.87. The number of nitrogens with zero attached hydrogens (tertiary/aromatic N) is 1. The van der Waals surface area contributed by atoms with Gasteiger partial charge in [-0.2, -0.15) is 0 Å². The second-order valence-corrected chi connectivity index (χ2v) is 5.50. The molecular weight excluding hydrogens is 228 g/mol. The van der Waals surface area contributed by atoms with Crippen molar-refractivity contribution in [2.24, 2.45) is 5.92 Å². The molecule has 0 aromatic carbocycles. The highest BCUT2D eigenvalue weighted by Gasteiger charge is 2.16. The van der Waals surface area contributed by atoms with Crippen molar-refractivity contribution in [2.75, 3.05) is 46.4 Å². The molecule has 1 rings (SSSR count). The number of unbranched alkanes of at least 4 members (excludes halogenated alkanes) is 1. The quantitative estimate of drug-likeness (QED) is 0.608. The number of rotatable bonds is 9. The zero-order chi connectivity index (χ0) is 13.2. The van der Waals surface area contributed by atoms with Gasteiger partial charge in [0.1, 0.15) is 0 Å². The van der Waals surface area contributed by atoms with Crippen molar-refractivity contribution in [1.82, 2.24) is 10.2 Å². The first-order valence-electron chi connectivity index (χ1n) is 7.37. The SMILES string of the molecule is CCCCOCC(O)CN(C)CC1CCNCC1. The standard InChI is InChI=1S/C14H30N2O2/c1-3-4-9-18-12-14(17)11-16(2)10-13-5-7-15-8-6-13/h13-15,17H,3-12H2,1-2H3. The van der Waals surface area contributed by atoms with Gasteiger partial charge in [0.2, 0.25) is 0 Å². The molecule has 0 aromatic heterocycles. The largest absolute Gasteiger partial charge is 0.389 e. The van der Waals surface area contributed by atoms with Crippen LogP contribution in [-0.4, -0.2) is 62.6 Å². The zero-order valence-corrected chi connectivity index (χ0v) is 12.0. The van der Waals surface area contributed by atoms with Crippen LogP contribution in [0.3, 0.4) is 0 Å². The maximum atomic E-state index is 9.87. The van der Waals surface area contributed by atoms with Crippen molar-refractivity contribution in [3.63, 3.8) is 0 Å². The molecule has 0 aromatic rings. The summed E-state index contributed by atoms with van der Waals surface area (Å²) in [6.45, 7) is 7.47. The molecule has 1 aliphatic rings. The van der Waals surface area contributed by atoms with Crippen LogP contribution in [0.2, 0.25) is 0 Å². The Labute approximate surface area is 112 Å². The Hall–Kier alpha value is -0.160. The average Bonchev–Trinajstić information content (AvgIpc) is 2.35. The van der Waals surface area contributed by atoms with Crippen molar-refractivity contribution in [2.45, 2.75) is 38.7 Å². The number of likely N-dealkylation sites (N-methyl/N-ethyl adjacent to an activating group) is 1. The summed E-state index contributed by atoms with van der Waals surface area (Å²) in [4.78, 5) is 2.24. The summed E-state index contributed by atoms with van der Waals surface area (Å²) in [5.74, 6) is 0.782. The Morgan fingerprint density at radius 1 is 1.39 bits per heavy atom. The summed E-state index contributed by atoms with van der Waals surface area (Å²) in [5.41, 5.74) is 0. The molecule has 1 saturated heterocycles. The molecule has 2 N–H and O–H groups in total. The molecule has 0 bridgehead atoms. The lowest BCUT2D eigenvalue weighted by molar-refractivity contribution is 0.0172. The predicted molar refractivity (Wildman–Crippen MR) is 74.8 cm³/mol. The molecular formula is C14H30N2O2. The summed E-state index contributed by atoms with van der Waals surface area (Å²) in [6, 6.07) is 0. The lowest BCUT2D eigenvalue weighted by atomic mass is 9.97. The maximum Gasteiger partial charge on any atom is 0.0900 e. The normalized spacial score (nSPS) is 19.3. The van der Waals surface area contributed by atoms with Crippen LogP contribution in [0.1, 0.15) is 32.6 Å². The van der Waals surface area contributed by atoms with Crippen LogP contribution in [0, 0.1) is 5.92 Å². The summed E-state index contributed by atoms with van der Waals surface area (Å²) < 4.78 is 5.44. The first-order valence-corrected chi connectivity index (χ1v) is 7.37. The van der Waals surface area contributed by atoms with E-state index in [0.717, 1.165) is 51.5 Å². The number of ether oxygens (including phenoxy) is 1. The summed E-state index contributed by atoms with van der Waals surface area (Å²) in [7, 11) is 2.09. The van der Waals surface area contributed by atoms with Crippen molar-refractivity contribution < 1.29 is 9.84 Å². The molecule has 1 heterocycles. The fraction of sp³-hybridized carbons (Fsp3) is 1.00. The van der Waals surface area contributed by atoms with E-state index in [1.165, 1.54) is 12.8 Å². The van der Waals surface area contributed by atoms with E-state index in [1.54, 1.807) is 0 Å². The molecule has 0 radical (unpaired) electrons. The van der Waals surface area contributed by atoms with Crippen LogP contribution in [0.4, 0.5) is 0 Å². The van der Waals surface area contributed by atoms with E-state index >= 15 is 0 Å². The highest BCUT2D eigenvalue weighted by Crippen LogP contribution is 2.12. The van der Waals surface area contributed by atoms with E-state index in [0.29, 0.717) is 6.61 Å². The van der Waals surface area contributed by atoms with Crippen LogP contribution in [0.25, 0.3) is 0 Å². The third-order valence-electron chi connectivity index (χ3n) is 3.50. The molecule has 1 fully saturated rings. The minimum Gasteiger partial charge on any atom is -0.389 e. The smallest absolute Gasteiger partial charge is 0.0900 e. The highest BCUT2D eigenvalue weighted by molar-refractivity contribution is 4.72. The lowest BCUT2D eigenvalue weighted by Crippen LogP contribution is -2.38. The van der Waals surface area contributed by atoms with Gasteiger partial charge in [-0.05, 0) is 45.3 Å². The van der Waals surface area contributed by atoms with Gasteiger partial charge in [-0.1, -0.05) is 13.3 Å². The molecule has 1 aliphatic heterocycles. The second kappa shape index (κ2) is 9.73. The molecule has 0 spiro atoms. The summed E-state index contributed by atoms with van der Waals surface area (Å²) in [5, 5.41) is 13.3. The molecule has 108 valence electrons. The van der Waals surface area contributed by atoms with Crippen LogP contribution >= 0.6 is 0 Å². The Morgan fingerprint density at radius 3 is 2.78 bits per heavy atom. The number of hydrogen-bond donors (Lipinski definition) is 2. The van der Waals surface area contributed by atoms with E-state index in [9.17, 15) is 5.11 Å². The number of nitrogens with one attached hydrogen (secondary N) is 1. The van der Waals surface area contributed by atoms with Crippen molar-refractivity contribution >= 4 is 0 Å². The fourth-order valence-corrected chi connectivity index (χ4v) is 2.46. The van der Waals surface area contributed by atoms with Gasteiger partial charge in [0.05, 0.1) is 12.7 Å². The van der Waals surface area contributed by atoms with E-state index in [-0.39, 0.29) is 6.10 Å². The van der Waals surface area contributed by atoms with Crippen LogP contribution in [0.15, 0.2) is 0 Å². The van der Waals surface area contributed by atoms with Gasteiger partial charge in [-0.25, -0.2) is 0 Å². The fourth-order valence-electron chi connectivity index (χ4n) is 2.46. The molecule has 1 atom stereocenters. The van der Waals surface area contributed by atoms with E-state index < -0.39 is 0 Å². The predicted octanol–water partition coefficient (Wildman–Crippen LogP) is 1.10. The van der Waals surface area contributed by atoms with Crippen molar-refractivity contribution in [3.8, 4) is 0 Å². The van der Waals surface area contributed by atoms with Gasteiger partial charge in [0.15, 0.2) is 0 Å². The van der Waals surface area contributed by atoms with Crippen molar-refractivity contribution in [1.29, 1.82) is 0 Å².